The van der Waals surface area contributed by atoms with E-state index in [0.29, 0.717) is 6.61 Å². The Labute approximate surface area is 71.7 Å². The van der Waals surface area contributed by atoms with E-state index in [1.165, 1.54) is 11.5 Å². The normalized spacial score (nSPS) is 10.2. The molecule has 0 aliphatic heterocycles. The quantitative estimate of drug-likeness (QED) is 0.729. The molecule has 0 aliphatic carbocycles. The lowest BCUT2D eigenvalue weighted by atomic mass is 10.6. The van der Waals surface area contributed by atoms with E-state index in [2.05, 4.69) is 25.3 Å². The molecule has 5 heteroatoms. The number of aromatic nitrogens is 2. The maximum Gasteiger partial charge on any atom is 0.168 e. The number of rotatable bonds is 3. The molecule has 1 heterocycles. The van der Waals surface area contributed by atoms with Crippen LogP contribution in [0.15, 0.2) is 0 Å². The molecule has 1 rings (SSSR count). The lowest BCUT2D eigenvalue weighted by Gasteiger charge is -1.87. The molecule has 0 amide bonds. The summed E-state index contributed by atoms with van der Waals surface area (Å²) in [6, 6.07) is 0. The van der Waals surface area contributed by atoms with Crippen molar-refractivity contribution >= 4 is 27.5 Å². The van der Waals surface area contributed by atoms with Gasteiger partial charge in [0.05, 0.1) is 5.33 Å². The molecule has 0 atom stereocenters. The molecule has 0 saturated heterocycles. The highest BCUT2D eigenvalue weighted by molar-refractivity contribution is 9.08. The number of nitrogens with zero attached hydrogens (tertiary/aromatic N) is 2. The minimum atomic E-state index is 0.503. The summed E-state index contributed by atoms with van der Waals surface area (Å²) in [4.78, 5) is 4.15. The van der Waals surface area contributed by atoms with Crippen LogP contribution < -0.4 is 0 Å². The van der Waals surface area contributed by atoms with Crippen LogP contribution in [0.4, 0.5) is 0 Å². The van der Waals surface area contributed by atoms with E-state index in [1.807, 2.05) is 0 Å². The molecule has 1 aromatic heterocycles. The first-order valence-electron chi connectivity index (χ1n) is 2.73. The second kappa shape index (κ2) is 4.00. The monoisotopic (exact) mass is 222 g/mol. The van der Waals surface area contributed by atoms with Crippen LogP contribution in [0.2, 0.25) is 0 Å². The van der Waals surface area contributed by atoms with Gasteiger partial charge in [0.1, 0.15) is 11.6 Å². The van der Waals surface area contributed by atoms with Crippen LogP contribution in [0.1, 0.15) is 10.8 Å². The molecule has 0 aromatic carbocycles. The summed E-state index contributed by atoms with van der Waals surface area (Å²) in [5, 5.41) is 1.76. The number of methoxy groups -OCH3 is 1. The number of ether oxygens (including phenoxy) is 1. The average Bonchev–Trinajstić information content (AvgIpc) is 2.37. The Morgan fingerprint density at radius 3 is 3.00 bits per heavy atom. The smallest absolute Gasteiger partial charge is 0.168 e. The van der Waals surface area contributed by atoms with Crippen LogP contribution in [-0.4, -0.2) is 16.5 Å². The Bertz CT molecular complexity index is 203. The van der Waals surface area contributed by atoms with Crippen LogP contribution in [0.25, 0.3) is 0 Å². The van der Waals surface area contributed by atoms with E-state index in [-0.39, 0.29) is 0 Å². The molecule has 0 bridgehead atoms. The van der Waals surface area contributed by atoms with E-state index in [0.717, 1.165) is 16.2 Å². The van der Waals surface area contributed by atoms with E-state index < -0.39 is 0 Å². The minimum Gasteiger partial charge on any atom is -0.377 e. The Balaban J connectivity index is 2.59. The fourth-order valence-electron chi connectivity index (χ4n) is 0.532. The summed E-state index contributed by atoms with van der Waals surface area (Å²) in [6.07, 6.45) is 0. The van der Waals surface area contributed by atoms with Crippen molar-refractivity contribution in [2.75, 3.05) is 7.11 Å². The first-order valence-corrected chi connectivity index (χ1v) is 4.62. The van der Waals surface area contributed by atoms with Gasteiger partial charge in [-0.25, -0.2) is 4.98 Å². The molecule has 0 unspecified atom stereocenters. The van der Waals surface area contributed by atoms with E-state index in [1.54, 1.807) is 7.11 Å². The van der Waals surface area contributed by atoms with E-state index >= 15 is 0 Å². The van der Waals surface area contributed by atoms with Crippen molar-refractivity contribution in [2.45, 2.75) is 11.9 Å². The fourth-order valence-corrected chi connectivity index (χ4v) is 1.46. The molecule has 3 nitrogen and oxygen atoms in total. The standard InChI is InChI=1S/C5H7BrN2OS/c1-9-3-4-7-5(2-6)10-8-4/h2-3H2,1H3. The second-order valence-electron chi connectivity index (χ2n) is 1.67. The van der Waals surface area contributed by atoms with Crippen LogP contribution in [0, 0.1) is 0 Å². The van der Waals surface area contributed by atoms with Crippen LogP contribution >= 0.6 is 27.5 Å². The summed E-state index contributed by atoms with van der Waals surface area (Å²) < 4.78 is 8.90. The third kappa shape index (κ3) is 2.00. The van der Waals surface area contributed by atoms with Crippen molar-refractivity contribution in [1.29, 1.82) is 0 Å². The maximum absolute atomic E-state index is 4.85. The second-order valence-corrected chi connectivity index (χ2v) is 3.07. The van der Waals surface area contributed by atoms with Gasteiger partial charge >= 0.3 is 0 Å². The highest BCUT2D eigenvalue weighted by Gasteiger charge is 2.00. The van der Waals surface area contributed by atoms with E-state index in [4.69, 9.17) is 4.74 Å². The summed E-state index contributed by atoms with van der Waals surface area (Å²) in [7, 11) is 1.63. The van der Waals surface area contributed by atoms with Gasteiger partial charge in [-0.15, -0.1) is 0 Å². The first kappa shape index (κ1) is 8.10. The molecule has 1 aromatic rings. The van der Waals surface area contributed by atoms with Gasteiger partial charge < -0.3 is 4.74 Å². The van der Waals surface area contributed by atoms with Crippen molar-refractivity contribution < 1.29 is 4.74 Å². The molecular weight excluding hydrogens is 216 g/mol. The lowest BCUT2D eigenvalue weighted by Crippen LogP contribution is -1.89. The Morgan fingerprint density at radius 1 is 1.70 bits per heavy atom. The Hall–Kier alpha value is -0.0000000000000000555. The Kier molecular flexibility index (Phi) is 3.24. The summed E-state index contributed by atoms with van der Waals surface area (Å²) >= 11 is 4.69. The zero-order chi connectivity index (χ0) is 7.40. The highest BCUT2D eigenvalue weighted by atomic mass is 79.9. The molecule has 0 aliphatic rings. The molecular formula is C5H7BrN2OS. The molecule has 0 radical (unpaired) electrons. The summed E-state index contributed by atoms with van der Waals surface area (Å²) in [5.74, 6) is 0.766. The number of halogens is 1. The summed E-state index contributed by atoms with van der Waals surface area (Å²) in [6.45, 7) is 0.503. The van der Waals surface area contributed by atoms with Gasteiger partial charge in [-0.1, -0.05) is 15.9 Å². The van der Waals surface area contributed by atoms with Gasteiger partial charge in [0.25, 0.3) is 0 Å². The van der Waals surface area contributed by atoms with Crippen molar-refractivity contribution in [1.82, 2.24) is 9.36 Å². The zero-order valence-electron chi connectivity index (χ0n) is 5.50. The van der Waals surface area contributed by atoms with Gasteiger partial charge in [0.2, 0.25) is 0 Å². The molecule has 0 N–H and O–H groups in total. The topological polar surface area (TPSA) is 35.0 Å². The third-order valence-corrected chi connectivity index (χ3v) is 2.55. The number of hydrogen-bond donors (Lipinski definition) is 0. The number of alkyl halides is 1. The third-order valence-electron chi connectivity index (χ3n) is 0.898. The molecule has 0 fully saturated rings. The van der Waals surface area contributed by atoms with Crippen molar-refractivity contribution in [3.63, 3.8) is 0 Å². The van der Waals surface area contributed by atoms with Crippen LogP contribution in [-0.2, 0) is 16.7 Å². The van der Waals surface area contributed by atoms with E-state index in [9.17, 15) is 0 Å². The fraction of sp³-hybridized carbons (Fsp3) is 0.600. The largest absolute Gasteiger partial charge is 0.377 e. The summed E-state index contributed by atoms with van der Waals surface area (Å²) in [5.41, 5.74) is 0. The van der Waals surface area contributed by atoms with Crippen molar-refractivity contribution in [3.8, 4) is 0 Å². The molecule has 10 heavy (non-hydrogen) atoms. The zero-order valence-corrected chi connectivity index (χ0v) is 7.91. The Morgan fingerprint density at radius 2 is 2.50 bits per heavy atom. The van der Waals surface area contributed by atoms with Crippen LogP contribution in [0.3, 0.4) is 0 Å². The predicted molar refractivity (Wildman–Crippen MR) is 43.3 cm³/mol. The molecule has 56 valence electrons. The first-order chi connectivity index (χ1) is 4.86. The van der Waals surface area contributed by atoms with Crippen molar-refractivity contribution in [3.05, 3.63) is 10.8 Å². The molecule has 0 spiro atoms. The number of hydrogen-bond acceptors (Lipinski definition) is 4. The SMILES string of the molecule is COCc1nsc(CBr)n1. The van der Waals surface area contributed by atoms with Gasteiger partial charge in [-0.05, 0) is 11.5 Å². The van der Waals surface area contributed by atoms with Crippen LogP contribution in [0.5, 0.6) is 0 Å². The lowest BCUT2D eigenvalue weighted by molar-refractivity contribution is 0.179. The molecule has 0 saturated carbocycles. The minimum absolute atomic E-state index is 0.503. The maximum atomic E-state index is 4.85. The van der Waals surface area contributed by atoms with Gasteiger partial charge in [-0.3, -0.25) is 0 Å². The van der Waals surface area contributed by atoms with Gasteiger partial charge in [-0.2, -0.15) is 4.37 Å². The van der Waals surface area contributed by atoms with Gasteiger partial charge in [0.15, 0.2) is 5.82 Å². The average molecular weight is 223 g/mol. The highest BCUT2D eigenvalue weighted by Crippen LogP contribution is 2.08. The van der Waals surface area contributed by atoms with Gasteiger partial charge in [0, 0.05) is 7.11 Å². The van der Waals surface area contributed by atoms with Crippen molar-refractivity contribution in [2.24, 2.45) is 0 Å². The predicted octanol–water partition coefficient (Wildman–Crippen LogP) is 1.58.